The molecule has 6 nitrogen and oxygen atoms in total. The maximum absolute atomic E-state index is 14.0. The second-order valence-electron chi connectivity index (χ2n) is 10.9. The Hall–Kier alpha value is -3.90. The number of hydroxylamine groups is 1. The van der Waals surface area contributed by atoms with Crippen LogP contribution in [0.15, 0.2) is 79.4 Å². The second kappa shape index (κ2) is 8.84. The normalized spacial score (nSPS) is 26.9. The standard InChI is InChI=1S/C32H32N2O4/c1-20-12-14-22(15-13-20)31-17-16-26(24-9-4-6-10-25(24)31)32(30(36)33-37)19-34(18-28(31)32)29(35)21(2)23-8-5-7-11-27(23)38-3/h4-15,26,28,37H,2,16-19H2,1,3H3,(H,33,36). The number of methoxy groups -OCH3 is 1. The molecule has 2 N–H and O–H groups in total. The summed E-state index contributed by atoms with van der Waals surface area (Å²) in [7, 11) is 1.57. The van der Waals surface area contributed by atoms with Gasteiger partial charge in [-0.15, -0.1) is 0 Å². The Morgan fingerprint density at radius 1 is 1.05 bits per heavy atom. The van der Waals surface area contributed by atoms with Gasteiger partial charge in [-0.3, -0.25) is 14.8 Å². The number of likely N-dealkylation sites (tertiary alicyclic amines) is 1. The van der Waals surface area contributed by atoms with E-state index in [0.717, 1.165) is 24.0 Å². The molecule has 2 amide bonds. The van der Waals surface area contributed by atoms with Crippen molar-refractivity contribution in [3.05, 3.63) is 107 Å². The van der Waals surface area contributed by atoms with Crippen molar-refractivity contribution in [3.8, 4) is 5.75 Å². The molecule has 1 aliphatic heterocycles. The molecule has 4 aliphatic rings. The largest absolute Gasteiger partial charge is 0.496 e. The molecular formula is C32H32N2O4. The van der Waals surface area contributed by atoms with Crippen molar-refractivity contribution in [2.45, 2.75) is 31.1 Å². The minimum atomic E-state index is -0.969. The summed E-state index contributed by atoms with van der Waals surface area (Å²) in [6, 6.07) is 24.3. The highest BCUT2D eigenvalue weighted by Gasteiger charge is 2.70. The van der Waals surface area contributed by atoms with Gasteiger partial charge in [0.1, 0.15) is 5.75 Å². The maximum atomic E-state index is 14.0. The summed E-state index contributed by atoms with van der Waals surface area (Å²) in [6.45, 7) is 6.81. The van der Waals surface area contributed by atoms with E-state index in [2.05, 4.69) is 56.0 Å². The van der Waals surface area contributed by atoms with Crippen LogP contribution in [-0.4, -0.2) is 42.1 Å². The highest BCUT2D eigenvalue weighted by molar-refractivity contribution is 6.19. The van der Waals surface area contributed by atoms with Crippen LogP contribution >= 0.6 is 0 Å². The van der Waals surface area contributed by atoms with Crippen LogP contribution in [0.25, 0.3) is 5.57 Å². The van der Waals surface area contributed by atoms with Crippen LogP contribution in [-0.2, 0) is 15.0 Å². The van der Waals surface area contributed by atoms with E-state index in [1.807, 2.05) is 35.8 Å². The number of hydrogen-bond donors (Lipinski definition) is 2. The summed E-state index contributed by atoms with van der Waals surface area (Å²) in [5.41, 5.74) is 6.21. The Kier molecular flexibility index (Phi) is 5.69. The van der Waals surface area contributed by atoms with Gasteiger partial charge in [0.15, 0.2) is 0 Å². The zero-order chi connectivity index (χ0) is 26.7. The molecule has 2 bridgehead atoms. The summed E-state index contributed by atoms with van der Waals surface area (Å²) in [5, 5.41) is 10.0. The topological polar surface area (TPSA) is 78.9 Å². The maximum Gasteiger partial charge on any atom is 0.254 e. The van der Waals surface area contributed by atoms with Crippen molar-refractivity contribution in [3.63, 3.8) is 0 Å². The lowest BCUT2D eigenvalue weighted by molar-refractivity contribution is -0.148. The van der Waals surface area contributed by atoms with Crippen molar-refractivity contribution < 1.29 is 19.5 Å². The molecule has 3 aliphatic carbocycles. The fraction of sp³-hybridized carbons (Fsp3) is 0.312. The lowest BCUT2D eigenvalue weighted by Crippen LogP contribution is -2.62. The first-order valence-electron chi connectivity index (χ1n) is 13.1. The number of carbonyl (C=O) groups is 2. The molecule has 7 rings (SSSR count). The number of fused-ring (bicyclic) bond motifs is 1. The predicted molar refractivity (Wildman–Crippen MR) is 145 cm³/mol. The van der Waals surface area contributed by atoms with Crippen molar-refractivity contribution in [2.75, 3.05) is 20.2 Å². The average molecular weight is 509 g/mol. The second-order valence-corrected chi connectivity index (χ2v) is 10.9. The Morgan fingerprint density at radius 2 is 1.76 bits per heavy atom. The van der Waals surface area contributed by atoms with Gasteiger partial charge in [-0.05, 0) is 42.5 Å². The average Bonchev–Trinajstić information content (AvgIpc) is 3.40. The zero-order valence-corrected chi connectivity index (χ0v) is 21.7. The smallest absolute Gasteiger partial charge is 0.254 e. The Balaban J connectivity index is 1.51. The first kappa shape index (κ1) is 24.4. The van der Waals surface area contributed by atoms with Crippen LogP contribution in [0.4, 0.5) is 0 Å². The van der Waals surface area contributed by atoms with Crippen molar-refractivity contribution in [1.82, 2.24) is 10.4 Å². The molecule has 3 aromatic rings. The van der Waals surface area contributed by atoms with Crippen LogP contribution in [0, 0.1) is 18.3 Å². The van der Waals surface area contributed by atoms with Gasteiger partial charge in [-0.1, -0.05) is 78.9 Å². The number of amides is 2. The molecule has 0 spiro atoms. The molecule has 4 atom stereocenters. The van der Waals surface area contributed by atoms with Crippen molar-refractivity contribution in [2.24, 2.45) is 11.3 Å². The molecule has 1 saturated carbocycles. The number of aryl methyl sites for hydroxylation is 1. The lowest BCUT2D eigenvalue weighted by atomic mass is 9.42. The van der Waals surface area contributed by atoms with Gasteiger partial charge in [-0.25, -0.2) is 5.48 Å². The summed E-state index contributed by atoms with van der Waals surface area (Å²) in [5.74, 6) is -0.393. The molecule has 3 aromatic carbocycles. The highest BCUT2D eigenvalue weighted by atomic mass is 16.5. The summed E-state index contributed by atoms with van der Waals surface area (Å²) in [6.07, 6.45) is 1.67. The number of nitrogens with zero attached hydrogens (tertiary/aromatic N) is 1. The van der Waals surface area contributed by atoms with E-state index >= 15 is 0 Å². The van der Waals surface area contributed by atoms with E-state index in [9.17, 15) is 14.8 Å². The van der Waals surface area contributed by atoms with E-state index in [4.69, 9.17) is 4.74 Å². The Labute approximate surface area is 222 Å². The zero-order valence-electron chi connectivity index (χ0n) is 21.7. The Bertz CT molecular complexity index is 1450. The SMILES string of the molecule is C=C(C(=O)N1CC2C3(c4ccc(C)cc4)CCC(c4ccccc43)C2(C(=O)NO)C1)c1ccccc1OC. The van der Waals surface area contributed by atoms with Crippen LogP contribution in [0.3, 0.4) is 0 Å². The molecule has 194 valence electrons. The number of hydrogen-bond acceptors (Lipinski definition) is 4. The molecule has 0 radical (unpaired) electrons. The molecule has 38 heavy (non-hydrogen) atoms. The Morgan fingerprint density at radius 3 is 2.50 bits per heavy atom. The van der Waals surface area contributed by atoms with Crippen molar-refractivity contribution in [1.29, 1.82) is 0 Å². The summed E-state index contributed by atoms with van der Waals surface area (Å²) in [4.78, 5) is 29.5. The summed E-state index contributed by atoms with van der Waals surface area (Å²) >= 11 is 0. The number of benzene rings is 3. The van der Waals surface area contributed by atoms with Crippen LogP contribution < -0.4 is 10.2 Å². The fourth-order valence-corrected chi connectivity index (χ4v) is 7.79. The van der Waals surface area contributed by atoms with Crippen LogP contribution in [0.1, 0.15) is 46.6 Å². The van der Waals surface area contributed by atoms with Gasteiger partial charge in [0, 0.05) is 41.5 Å². The van der Waals surface area contributed by atoms with Gasteiger partial charge >= 0.3 is 0 Å². The van der Waals surface area contributed by atoms with Gasteiger partial charge in [0.2, 0.25) is 0 Å². The van der Waals surface area contributed by atoms with Gasteiger partial charge in [-0.2, -0.15) is 0 Å². The minimum Gasteiger partial charge on any atom is -0.496 e. The van der Waals surface area contributed by atoms with Crippen molar-refractivity contribution >= 4 is 17.4 Å². The van der Waals surface area contributed by atoms with E-state index in [0.29, 0.717) is 23.4 Å². The van der Waals surface area contributed by atoms with Gasteiger partial charge in [0.05, 0.1) is 12.5 Å². The van der Waals surface area contributed by atoms with Crippen LogP contribution in [0.2, 0.25) is 0 Å². The first-order valence-corrected chi connectivity index (χ1v) is 13.1. The minimum absolute atomic E-state index is 0.111. The van der Waals surface area contributed by atoms with Gasteiger partial charge < -0.3 is 9.64 Å². The molecule has 2 fully saturated rings. The lowest BCUT2D eigenvalue weighted by Gasteiger charge is -2.59. The third-order valence-electron chi connectivity index (χ3n) is 9.41. The van der Waals surface area contributed by atoms with Gasteiger partial charge in [0.25, 0.3) is 11.8 Å². The number of para-hydroxylation sites is 1. The van der Waals surface area contributed by atoms with E-state index in [1.54, 1.807) is 12.0 Å². The quantitative estimate of drug-likeness (QED) is 0.294. The highest BCUT2D eigenvalue weighted by Crippen LogP contribution is 2.69. The number of ether oxygens (including phenoxy) is 1. The predicted octanol–water partition coefficient (Wildman–Crippen LogP) is 4.84. The number of nitrogens with one attached hydrogen (secondary N) is 1. The molecule has 1 heterocycles. The molecule has 0 aromatic heterocycles. The molecule has 6 heteroatoms. The summed E-state index contributed by atoms with van der Waals surface area (Å²) < 4.78 is 5.49. The van der Waals surface area contributed by atoms with Crippen LogP contribution in [0.5, 0.6) is 5.75 Å². The first-order chi connectivity index (χ1) is 18.4. The van der Waals surface area contributed by atoms with E-state index < -0.39 is 16.7 Å². The van der Waals surface area contributed by atoms with E-state index in [1.165, 1.54) is 11.1 Å². The molecule has 1 saturated heterocycles. The molecule has 4 unspecified atom stereocenters. The number of carbonyl (C=O) groups excluding carboxylic acids is 2. The molecular weight excluding hydrogens is 476 g/mol. The monoisotopic (exact) mass is 508 g/mol. The third-order valence-corrected chi connectivity index (χ3v) is 9.41. The third kappa shape index (κ3) is 3.16. The number of rotatable bonds is 5. The van der Waals surface area contributed by atoms with E-state index in [-0.39, 0.29) is 24.3 Å². The fourth-order valence-electron chi connectivity index (χ4n) is 7.79.